The van der Waals surface area contributed by atoms with Gasteiger partial charge in [0.05, 0.1) is 10.0 Å². The van der Waals surface area contributed by atoms with Gasteiger partial charge in [0.2, 0.25) is 0 Å². The summed E-state index contributed by atoms with van der Waals surface area (Å²) in [6.07, 6.45) is -5.18. The van der Waals surface area contributed by atoms with Gasteiger partial charge in [0.1, 0.15) is 16.9 Å². The Kier molecular flexibility index (Phi) is 5.98. The van der Waals surface area contributed by atoms with Gasteiger partial charge in [0.25, 0.3) is 5.56 Å². The first-order chi connectivity index (χ1) is 14.2. The van der Waals surface area contributed by atoms with Gasteiger partial charge in [0.15, 0.2) is 5.82 Å². The summed E-state index contributed by atoms with van der Waals surface area (Å²) in [7, 11) is 0. The fourth-order valence-corrected chi connectivity index (χ4v) is 3.90. The molecule has 2 aromatic rings. The van der Waals surface area contributed by atoms with Crippen LogP contribution >= 0.6 is 15.9 Å². The van der Waals surface area contributed by atoms with Gasteiger partial charge in [-0.25, -0.2) is 9.78 Å². The number of nitrogens with zero attached hydrogens (tertiary/aromatic N) is 5. The Morgan fingerprint density at radius 3 is 2.45 bits per heavy atom. The molecule has 1 saturated heterocycles. The fraction of sp³-hybridized carbons (Fsp3) is 0.579. The average molecular weight is 506 g/mol. The summed E-state index contributed by atoms with van der Waals surface area (Å²) in [5.74, 6) is 0.442. The lowest BCUT2D eigenvalue weighted by molar-refractivity contribution is -0.138. The van der Waals surface area contributed by atoms with Gasteiger partial charge >= 0.3 is 12.3 Å². The van der Waals surface area contributed by atoms with Gasteiger partial charge in [-0.05, 0) is 56.6 Å². The summed E-state index contributed by atoms with van der Waals surface area (Å²) in [6, 6.07) is 0.584. The highest BCUT2D eigenvalue weighted by Crippen LogP contribution is 2.35. The van der Waals surface area contributed by atoms with Crippen molar-refractivity contribution in [3.8, 4) is 0 Å². The van der Waals surface area contributed by atoms with E-state index in [1.165, 1.54) is 0 Å². The molecule has 0 radical (unpaired) electrons. The number of aryl methyl sites for hydroxylation is 1. The van der Waals surface area contributed by atoms with Crippen LogP contribution in [-0.2, 0) is 10.9 Å². The highest BCUT2D eigenvalue weighted by molar-refractivity contribution is 9.10. The van der Waals surface area contributed by atoms with Crippen molar-refractivity contribution in [2.24, 2.45) is 0 Å². The minimum Gasteiger partial charge on any atom is -0.444 e. The Morgan fingerprint density at radius 2 is 1.90 bits per heavy atom. The summed E-state index contributed by atoms with van der Waals surface area (Å²) < 4.78 is 46.1. The highest BCUT2D eigenvalue weighted by Gasteiger charge is 2.37. The molecule has 8 nitrogen and oxygen atoms in total. The van der Waals surface area contributed by atoms with E-state index in [9.17, 15) is 22.8 Å². The first-order valence-electron chi connectivity index (χ1n) is 9.61. The van der Waals surface area contributed by atoms with Crippen molar-refractivity contribution >= 4 is 33.4 Å². The smallest absolute Gasteiger partial charge is 0.417 e. The maximum Gasteiger partial charge on any atom is 0.417 e. The van der Waals surface area contributed by atoms with E-state index in [4.69, 9.17) is 4.74 Å². The largest absolute Gasteiger partial charge is 0.444 e. The van der Waals surface area contributed by atoms with Crippen molar-refractivity contribution in [2.45, 2.75) is 52.4 Å². The van der Waals surface area contributed by atoms with E-state index in [2.05, 4.69) is 26.0 Å². The van der Waals surface area contributed by atoms with E-state index in [0.29, 0.717) is 13.1 Å². The molecule has 3 rings (SSSR count). The molecule has 0 saturated carbocycles. The van der Waals surface area contributed by atoms with Crippen LogP contribution in [0.2, 0.25) is 0 Å². The Hall–Kier alpha value is -2.37. The van der Waals surface area contributed by atoms with Crippen LogP contribution in [0, 0.1) is 6.92 Å². The summed E-state index contributed by atoms with van der Waals surface area (Å²) in [5.41, 5.74) is -2.70. The summed E-state index contributed by atoms with van der Waals surface area (Å²) in [5, 5.41) is 4.01. The molecule has 170 valence electrons. The monoisotopic (exact) mass is 505 g/mol. The zero-order valence-electron chi connectivity index (χ0n) is 17.7. The van der Waals surface area contributed by atoms with E-state index in [0.717, 1.165) is 10.6 Å². The summed E-state index contributed by atoms with van der Waals surface area (Å²) in [4.78, 5) is 32.6. The van der Waals surface area contributed by atoms with Crippen LogP contribution in [-0.4, -0.2) is 56.9 Å². The number of aromatic nitrogens is 3. The Labute approximate surface area is 185 Å². The predicted molar refractivity (Wildman–Crippen MR) is 111 cm³/mol. The standard InChI is InChI=1S/C19H23BrF3N5O3/c1-10-9-26(17(30)31-18(3,4)5)6-7-27(10)15-13-8-12(19(21,22)23)14(20)16(29)28(13)25-11(2)24-15/h8,10H,6-7,9H2,1-5H3/t10-/m0/s1. The van der Waals surface area contributed by atoms with E-state index < -0.39 is 33.5 Å². The molecule has 0 N–H and O–H groups in total. The van der Waals surface area contributed by atoms with Crippen LogP contribution in [0.15, 0.2) is 15.3 Å². The predicted octanol–water partition coefficient (Wildman–Crippen LogP) is 3.62. The van der Waals surface area contributed by atoms with Crippen LogP contribution in [0.3, 0.4) is 0 Å². The van der Waals surface area contributed by atoms with Crippen LogP contribution in [0.5, 0.6) is 0 Å². The number of carbonyl (C=O) groups excluding carboxylic acids is 1. The molecule has 2 aromatic heterocycles. The van der Waals surface area contributed by atoms with Crippen molar-refractivity contribution in [3.05, 3.63) is 32.3 Å². The number of halogens is 4. The number of amides is 1. The molecule has 31 heavy (non-hydrogen) atoms. The Morgan fingerprint density at radius 1 is 1.26 bits per heavy atom. The fourth-order valence-electron chi connectivity index (χ4n) is 3.40. The number of anilines is 1. The number of rotatable bonds is 1. The molecular weight excluding hydrogens is 483 g/mol. The zero-order valence-corrected chi connectivity index (χ0v) is 19.3. The van der Waals surface area contributed by atoms with Crippen molar-refractivity contribution in [1.82, 2.24) is 19.5 Å². The number of ether oxygens (including phenoxy) is 1. The molecule has 1 fully saturated rings. The first-order valence-corrected chi connectivity index (χ1v) is 10.4. The van der Waals surface area contributed by atoms with Gasteiger partial charge in [-0.1, -0.05) is 0 Å². The van der Waals surface area contributed by atoms with Crippen molar-refractivity contribution in [3.63, 3.8) is 0 Å². The van der Waals surface area contributed by atoms with Crippen LogP contribution < -0.4 is 10.5 Å². The van der Waals surface area contributed by atoms with Gasteiger partial charge in [-0.15, -0.1) is 5.10 Å². The maximum atomic E-state index is 13.5. The quantitative estimate of drug-likeness (QED) is 0.588. The Balaban J connectivity index is 2.02. The molecule has 0 aromatic carbocycles. The van der Waals surface area contributed by atoms with Crippen LogP contribution in [0.1, 0.15) is 39.1 Å². The lowest BCUT2D eigenvalue weighted by Crippen LogP contribution is -2.55. The third-order valence-electron chi connectivity index (χ3n) is 4.72. The molecule has 0 unspecified atom stereocenters. The second kappa shape index (κ2) is 7.95. The zero-order chi connectivity index (χ0) is 23.3. The minimum atomic E-state index is -4.73. The molecule has 12 heteroatoms. The number of fused-ring (bicyclic) bond motifs is 1. The SMILES string of the molecule is Cc1nc(N2CCN(C(=O)OC(C)(C)C)C[C@@H]2C)c2cc(C(F)(F)F)c(Br)c(=O)n2n1. The van der Waals surface area contributed by atoms with Crippen molar-refractivity contribution < 1.29 is 22.7 Å². The molecule has 0 spiro atoms. The van der Waals surface area contributed by atoms with Gasteiger partial charge < -0.3 is 14.5 Å². The maximum absolute atomic E-state index is 13.5. The van der Waals surface area contributed by atoms with Crippen molar-refractivity contribution in [1.29, 1.82) is 0 Å². The number of carbonyl (C=O) groups is 1. The number of hydrogen-bond donors (Lipinski definition) is 0. The molecule has 0 aliphatic carbocycles. The molecule has 1 aliphatic rings. The first kappa shape index (κ1) is 23.3. The molecule has 1 amide bonds. The molecule has 0 bridgehead atoms. The van der Waals surface area contributed by atoms with Gasteiger partial charge in [-0.2, -0.15) is 17.7 Å². The highest BCUT2D eigenvalue weighted by atomic mass is 79.9. The van der Waals surface area contributed by atoms with Crippen molar-refractivity contribution in [2.75, 3.05) is 24.5 Å². The molecular formula is C19H23BrF3N5O3. The van der Waals surface area contributed by atoms with Gasteiger partial charge in [0, 0.05) is 25.7 Å². The molecule has 1 atom stereocenters. The second-order valence-electron chi connectivity index (χ2n) is 8.42. The lowest BCUT2D eigenvalue weighted by atomic mass is 10.1. The van der Waals surface area contributed by atoms with Crippen LogP contribution in [0.25, 0.3) is 5.52 Å². The number of piperazine rings is 1. The second-order valence-corrected chi connectivity index (χ2v) is 9.22. The normalized spacial score (nSPS) is 17.9. The molecule has 3 heterocycles. The van der Waals surface area contributed by atoms with E-state index >= 15 is 0 Å². The van der Waals surface area contributed by atoms with Gasteiger partial charge in [-0.3, -0.25) is 4.79 Å². The number of pyridine rings is 1. The third kappa shape index (κ3) is 4.78. The van der Waals surface area contributed by atoms with Crippen LogP contribution in [0.4, 0.5) is 23.8 Å². The van der Waals surface area contributed by atoms with E-state index in [1.807, 2.05) is 6.92 Å². The average Bonchev–Trinajstić information content (AvgIpc) is 2.62. The minimum absolute atomic E-state index is 0.0521. The van der Waals surface area contributed by atoms with E-state index in [-0.39, 0.29) is 29.7 Å². The summed E-state index contributed by atoms with van der Waals surface area (Å²) in [6.45, 7) is 9.59. The van der Waals surface area contributed by atoms with E-state index in [1.54, 1.807) is 37.5 Å². The number of alkyl halides is 3. The third-order valence-corrected chi connectivity index (χ3v) is 5.49. The Bertz CT molecular complexity index is 1080. The number of hydrogen-bond acceptors (Lipinski definition) is 6. The summed E-state index contributed by atoms with van der Waals surface area (Å²) >= 11 is 2.76. The lowest BCUT2D eigenvalue weighted by Gasteiger charge is -2.41. The topological polar surface area (TPSA) is 80.0 Å². The molecule has 1 aliphatic heterocycles.